The van der Waals surface area contributed by atoms with Crippen LogP contribution in [0.5, 0.6) is 0 Å². The summed E-state index contributed by atoms with van der Waals surface area (Å²) in [5.41, 5.74) is -0.199. The van der Waals surface area contributed by atoms with Crippen LogP contribution in [-0.2, 0) is 0 Å². The van der Waals surface area contributed by atoms with Gasteiger partial charge in [0.2, 0.25) is 0 Å². The summed E-state index contributed by atoms with van der Waals surface area (Å²) in [4.78, 5) is 27.9. The molecule has 1 aromatic heterocycles. The van der Waals surface area contributed by atoms with Gasteiger partial charge in [0.25, 0.3) is 5.91 Å². The van der Waals surface area contributed by atoms with E-state index in [0.29, 0.717) is 6.54 Å². The summed E-state index contributed by atoms with van der Waals surface area (Å²) < 4.78 is 0. The van der Waals surface area contributed by atoms with E-state index in [1.54, 1.807) is 0 Å². The third-order valence-corrected chi connectivity index (χ3v) is 2.40. The predicted octanol–water partition coefficient (Wildman–Crippen LogP) is 1.14. The average molecular weight is 233 g/mol. The number of nitrogens with one attached hydrogen (secondary N) is 1. The molecule has 0 aliphatic carbocycles. The molecule has 0 aliphatic rings. The van der Waals surface area contributed by atoms with Crippen molar-refractivity contribution in [1.29, 1.82) is 5.26 Å². The SMILES string of the molecule is CC(C)N(CCC#N)C(=O)c1c[nH]ccc1=O. The summed E-state index contributed by atoms with van der Waals surface area (Å²) in [6, 6.07) is 3.26. The van der Waals surface area contributed by atoms with E-state index < -0.39 is 0 Å². The number of aromatic nitrogens is 1. The van der Waals surface area contributed by atoms with Crippen LogP contribution in [0.3, 0.4) is 0 Å². The summed E-state index contributed by atoms with van der Waals surface area (Å²) in [6.07, 6.45) is 3.13. The zero-order valence-electron chi connectivity index (χ0n) is 9.93. The van der Waals surface area contributed by atoms with E-state index in [2.05, 4.69) is 4.98 Å². The number of carbonyl (C=O) groups is 1. The first-order valence-electron chi connectivity index (χ1n) is 5.43. The minimum Gasteiger partial charge on any atom is -0.367 e. The predicted molar refractivity (Wildman–Crippen MR) is 63.5 cm³/mol. The second kappa shape index (κ2) is 5.85. The Bertz CT molecular complexity index is 485. The van der Waals surface area contributed by atoms with E-state index in [4.69, 9.17) is 5.26 Å². The third kappa shape index (κ3) is 3.18. The molecule has 1 rings (SSSR count). The lowest BCUT2D eigenvalue weighted by Crippen LogP contribution is -2.39. The molecule has 0 unspecified atom stereocenters. The Labute approximate surface area is 99.7 Å². The van der Waals surface area contributed by atoms with Gasteiger partial charge in [0.05, 0.1) is 12.5 Å². The van der Waals surface area contributed by atoms with Gasteiger partial charge in [-0.25, -0.2) is 0 Å². The standard InChI is InChI=1S/C12H15N3O2/c1-9(2)15(7-3-5-13)12(17)10-8-14-6-4-11(10)16/h4,6,8-9H,3,7H2,1-2H3,(H,14,16). The summed E-state index contributed by atoms with van der Waals surface area (Å²) in [5, 5.41) is 8.55. The van der Waals surface area contributed by atoms with Crippen LogP contribution in [0.25, 0.3) is 0 Å². The molecule has 90 valence electrons. The molecule has 5 heteroatoms. The van der Waals surface area contributed by atoms with Crippen LogP contribution in [0, 0.1) is 11.3 Å². The Morgan fingerprint density at radius 1 is 1.59 bits per heavy atom. The topological polar surface area (TPSA) is 77.0 Å². The first-order chi connectivity index (χ1) is 8.07. The molecule has 1 heterocycles. The highest BCUT2D eigenvalue weighted by molar-refractivity contribution is 5.93. The minimum absolute atomic E-state index is 0.0459. The molecular formula is C12H15N3O2. The van der Waals surface area contributed by atoms with Gasteiger partial charge in [0.1, 0.15) is 5.56 Å². The molecule has 0 aliphatic heterocycles. The van der Waals surface area contributed by atoms with Crippen molar-refractivity contribution in [2.45, 2.75) is 26.3 Å². The van der Waals surface area contributed by atoms with E-state index >= 15 is 0 Å². The monoisotopic (exact) mass is 233 g/mol. The molecule has 1 N–H and O–H groups in total. The van der Waals surface area contributed by atoms with Crippen molar-refractivity contribution in [3.8, 4) is 6.07 Å². The number of pyridine rings is 1. The van der Waals surface area contributed by atoms with E-state index in [-0.39, 0.29) is 29.4 Å². The zero-order chi connectivity index (χ0) is 12.8. The summed E-state index contributed by atoms with van der Waals surface area (Å²) >= 11 is 0. The molecule has 17 heavy (non-hydrogen) atoms. The lowest BCUT2D eigenvalue weighted by molar-refractivity contribution is 0.0708. The van der Waals surface area contributed by atoms with Crippen LogP contribution in [0.4, 0.5) is 0 Å². The van der Waals surface area contributed by atoms with Crippen LogP contribution in [0.1, 0.15) is 30.6 Å². The number of nitriles is 1. The lowest BCUT2D eigenvalue weighted by Gasteiger charge is -2.25. The maximum absolute atomic E-state index is 12.1. The number of hydrogen-bond donors (Lipinski definition) is 1. The van der Waals surface area contributed by atoms with E-state index in [1.165, 1.54) is 23.4 Å². The number of rotatable bonds is 4. The van der Waals surface area contributed by atoms with Crippen LogP contribution in [-0.4, -0.2) is 28.4 Å². The number of H-pyrrole nitrogens is 1. The van der Waals surface area contributed by atoms with Crippen molar-refractivity contribution < 1.29 is 4.79 Å². The molecule has 0 saturated heterocycles. The van der Waals surface area contributed by atoms with Gasteiger partial charge in [-0.15, -0.1) is 0 Å². The zero-order valence-corrected chi connectivity index (χ0v) is 9.93. The molecule has 1 amide bonds. The largest absolute Gasteiger partial charge is 0.367 e. The van der Waals surface area contributed by atoms with Crippen molar-refractivity contribution in [2.75, 3.05) is 6.54 Å². The first-order valence-corrected chi connectivity index (χ1v) is 5.43. The fourth-order valence-electron chi connectivity index (χ4n) is 1.50. The summed E-state index contributed by atoms with van der Waals surface area (Å²) in [5.74, 6) is -0.336. The minimum atomic E-state index is -0.336. The second-order valence-corrected chi connectivity index (χ2v) is 3.92. The number of hydrogen-bond acceptors (Lipinski definition) is 3. The van der Waals surface area contributed by atoms with Crippen LogP contribution in [0.2, 0.25) is 0 Å². The number of aromatic amines is 1. The highest BCUT2D eigenvalue weighted by atomic mass is 16.2. The Balaban J connectivity index is 2.97. The van der Waals surface area contributed by atoms with Crippen LogP contribution < -0.4 is 5.43 Å². The Hall–Kier alpha value is -2.09. The smallest absolute Gasteiger partial charge is 0.259 e. The first kappa shape index (κ1) is 13.0. The van der Waals surface area contributed by atoms with Gasteiger partial charge in [0, 0.05) is 31.0 Å². The van der Waals surface area contributed by atoms with Crippen molar-refractivity contribution in [1.82, 2.24) is 9.88 Å². The number of nitrogens with zero attached hydrogens (tertiary/aromatic N) is 2. The van der Waals surface area contributed by atoms with E-state index in [0.717, 1.165) is 0 Å². The van der Waals surface area contributed by atoms with Crippen molar-refractivity contribution >= 4 is 5.91 Å². The summed E-state index contributed by atoms with van der Waals surface area (Å²) in [6.45, 7) is 4.04. The maximum atomic E-state index is 12.1. The second-order valence-electron chi connectivity index (χ2n) is 3.92. The average Bonchev–Trinajstić information content (AvgIpc) is 2.29. The van der Waals surface area contributed by atoms with E-state index in [1.807, 2.05) is 19.9 Å². The Morgan fingerprint density at radius 2 is 2.29 bits per heavy atom. The number of amides is 1. The third-order valence-electron chi connectivity index (χ3n) is 2.40. The maximum Gasteiger partial charge on any atom is 0.259 e. The van der Waals surface area contributed by atoms with Crippen LogP contribution >= 0.6 is 0 Å². The molecule has 0 atom stereocenters. The number of carbonyl (C=O) groups excluding carboxylic acids is 1. The molecule has 0 aromatic carbocycles. The fraction of sp³-hybridized carbons (Fsp3) is 0.417. The lowest BCUT2D eigenvalue weighted by atomic mass is 10.2. The summed E-state index contributed by atoms with van der Waals surface area (Å²) in [7, 11) is 0. The Morgan fingerprint density at radius 3 is 2.82 bits per heavy atom. The molecule has 0 radical (unpaired) electrons. The highest BCUT2D eigenvalue weighted by Gasteiger charge is 2.20. The van der Waals surface area contributed by atoms with Crippen LogP contribution in [0.15, 0.2) is 23.3 Å². The van der Waals surface area contributed by atoms with Gasteiger partial charge in [0.15, 0.2) is 5.43 Å². The van der Waals surface area contributed by atoms with Gasteiger partial charge >= 0.3 is 0 Å². The molecule has 0 fully saturated rings. The normalized spacial score (nSPS) is 10.0. The molecule has 0 bridgehead atoms. The van der Waals surface area contributed by atoms with Gasteiger partial charge in [-0.3, -0.25) is 9.59 Å². The van der Waals surface area contributed by atoms with Gasteiger partial charge < -0.3 is 9.88 Å². The van der Waals surface area contributed by atoms with Crippen molar-refractivity contribution in [3.05, 3.63) is 34.2 Å². The van der Waals surface area contributed by atoms with Crippen molar-refractivity contribution in [2.24, 2.45) is 0 Å². The molecular weight excluding hydrogens is 218 g/mol. The van der Waals surface area contributed by atoms with Crippen molar-refractivity contribution in [3.63, 3.8) is 0 Å². The Kier molecular flexibility index (Phi) is 4.46. The quantitative estimate of drug-likeness (QED) is 0.847. The molecule has 0 saturated carbocycles. The highest BCUT2D eigenvalue weighted by Crippen LogP contribution is 2.05. The molecule has 1 aromatic rings. The van der Waals surface area contributed by atoms with E-state index in [9.17, 15) is 9.59 Å². The molecule has 5 nitrogen and oxygen atoms in total. The fourth-order valence-corrected chi connectivity index (χ4v) is 1.50. The molecule has 0 spiro atoms. The van der Waals surface area contributed by atoms with Gasteiger partial charge in [-0.1, -0.05) is 0 Å². The van der Waals surface area contributed by atoms with Gasteiger partial charge in [-0.2, -0.15) is 5.26 Å². The van der Waals surface area contributed by atoms with Gasteiger partial charge in [-0.05, 0) is 13.8 Å².